The van der Waals surface area contributed by atoms with E-state index in [0.717, 1.165) is 5.69 Å². The van der Waals surface area contributed by atoms with Gasteiger partial charge in [-0.25, -0.2) is 4.79 Å². The fourth-order valence-corrected chi connectivity index (χ4v) is 2.77. The molecule has 138 valence electrons. The molecule has 5 heteroatoms. The molecular formula is C23H18N2O3. The monoisotopic (exact) mass is 370 g/mol. The molecule has 0 aliphatic carbocycles. The number of benzene rings is 3. The molecule has 0 N–H and O–H groups in total. The van der Waals surface area contributed by atoms with Gasteiger partial charge in [-0.1, -0.05) is 48.5 Å². The molecule has 0 aliphatic rings. The summed E-state index contributed by atoms with van der Waals surface area (Å²) < 4.78 is 5.37. The van der Waals surface area contributed by atoms with Crippen molar-refractivity contribution >= 4 is 17.6 Å². The van der Waals surface area contributed by atoms with Gasteiger partial charge in [0.25, 0.3) is 5.91 Å². The van der Waals surface area contributed by atoms with Gasteiger partial charge in [-0.05, 0) is 30.3 Å². The van der Waals surface area contributed by atoms with E-state index in [1.165, 1.54) is 4.90 Å². The summed E-state index contributed by atoms with van der Waals surface area (Å²) in [7, 11) is 1.66. The van der Waals surface area contributed by atoms with Crippen LogP contribution in [0.15, 0.2) is 78.9 Å². The van der Waals surface area contributed by atoms with Crippen LogP contribution in [0.3, 0.4) is 0 Å². The third-order valence-corrected chi connectivity index (χ3v) is 4.32. The first-order valence-corrected chi connectivity index (χ1v) is 8.69. The van der Waals surface area contributed by atoms with Crippen molar-refractivity contribution in [3.8, 4) is 6.07 Å². The molecule has 1 amide bonds. The van der Waals surface area contributed by atoms with Crippen molar-refractivity contribution in [3.63, 3.8) is 0 Å². The molecule has 0 aliphatic heterocycles. The summed E-state index contributed by atoms with van der Waals surface area (Å²) in [5.74, 6) is -0.922. The Morgan fingerprint density at radius 2 is 1.50 bits per heavy atom. The molecule has 0 fully saturated rings. The Hall–Kier alpha value is -3.91. The number of hydrogen-bond donors (Lipinski definition) is 0. The largest absolute Gasteiger partial charge is 0.457 e. The second-order valence-corrected chi connectivity index (χ2v) is 6.09. The summed E-state index contributed by atoms with van der Waals surface area (Å²) in [6, 6.07) is 24.7. The van der Waals surface area contributed by atoms with E-state index in [-0.39, 0.29) is 23.6 Å². The molecule has 0 bridgehead atoms. The third kappa shape index (κ3) is 4.08. The lowest BCUT2D eigenvalue weighted by atomic mass is 10.1. The van der Waals surface area contributed by atoms with Crippen molar-refractivity contribution in [2.45, 2.75) is 6.61 Å². The number of nitriles is 1. The summed E-state index contributed by atoms with van der Waals surface area (Å²) in [5.41, 5.74) is 2.22. The van der Waals surface area contributed by atoms with Crippen molar-refractivity contribution in [1.29, 1.82) is 5.26 Å². The molecule has 0 radical (unpaired) electrons. The van der Waals surface area contributed by atoms with Gasteiger partial charge in [-0.2, -0.15) is 5.26 Å². The van der Waals surface area contributed by atoms with Crippen LogP contribution in [0.5, 0.6) is 0 Å². The highest BCUT2D eigenvalue weighted by Crippen LogP contribution is 2.19. The van der Waals surface area contributed by atoms with Gasteiger partial charge in [0.15, 0.2) is 0 Å². The molecule has 5 nitrogen and oxygen atoms in total. The number of ether oxygens (including phenoxy) is 1. The van der Waals surface area contributed by atoms with Gasteiger partial charge in [0, 0.05) is 18.3 Å². The minimum atomic E-state index is -0.613. The van der Waals surface area contributed by atoms with Crippen molar-refractivity contribution in [2.75, 3.05) is 11.9 Å². The number of hydrogen-bond acceptors (Lipinski definition) is 4. The predicted octanol–water partition coefficient (Wildman–Crippen LogP) is 4.19. The van der Waals surface area contributed by atoms with Gasteiger partial charge >= 0.3 is 5.97 Å². The molecule has 3 aromatic carbocycles. The Kier molecular flexibility index (Phi) is 5.83. The molecule has 0 heterocycles. The van der Waals surface area contributed by atoms with Crippen LogP contribution in [0.1, 0.15) is 31.8 Å². The number of nitrogens with zero attached hydrogens (tertiary/aromatic N) is 2. The zero-order chi connectivity index (χ0) is 19.9. The highest BCUT2D eigenvalue weighted by molar-refractivity contribution is 6.11. The fraction of sp³-hybridized carbons (Fsp3) is 0.0870. The van der Waals surface area contributed by atoms with Crippen molar-refractivity contribution in [3.05, 3.63) is 101 Å². The van der Waals surface area contributed by atoms with Crippen LogP contribution in [0, 0.1) is 11.3 Å². The number of carbonyl (C=O) groups is 2. The number of rotatable bonds is 5. The van der Waals surface area contributed by atoms with E-state index in [1.807, 2.05) is 30.3 Å². The maximum Gasteiger partial charge on any atom is 0.339 e. The van der Waals surface area contributed by atoms with Crippen molar-refractivity contribution in [1.82, 2.24) is 0 Å². The Morgan fingerprint density at radius 1 is 0.893 bits per heavy atom. The Morgan fingerprint density at radius 3 is 2.21 bits per heavy atom. The summed E-state index contributed by atoms with van der Waals surface area (Å²) in [6.07, 6.45) is 0. The molecule has 0 saturated heterocycles. The molecule has 0 saturated carbocycles. The van der Waals surface area contributed by atoms with E-state index in [2.05, 4.69) is 6.07 Å². The second-order valence-electron chi connectivity index (χ2n) is 6.09. The molecule has 3 aromatic rings. The van der Waals surface area contributed by atoms with Crippen LogP contribution in [0.4, 0.5) is 5.69 Å². The van der Waals surface area contributed by atoms with E-state index in [9.17, 15) is 9.59 Å². The predicted molar refractivity (Wildman–Crippen MR) is 106 cm³/mol. The van der Waals surface area contributed by atoms with Gasteiger partial charge in [0.1, 0.15) is 6.61 Å². The van der Waals surface area contributed by atoms with Crippen LogP contribution in [0.25, 0.3) is 0 Å². The fourth-order valence-electron chi connectivity index (χ4n) is 2.77. The molecular weight excluding hydrogens is 352 g/mol. The van der Waals surface area contributed by atoms with Gasteiger partial charge < -0.3 is 9.64 Å². The smallest absolute Gasteiger partial charge is 0.339 e. The molecule has 28 heavy (non-hydrogen) atoms. The first-order valence-electron chi connectivity index (χ1n) is 8.69. The zero-order valence-corrected chi connectivity index (χ0v) is 15.3. The Labute approximate surface area is 163 Å². The first-order chi connectivity index (χ1) is 13.6. The third-order valence-electron chi connectivity index (χ3n) is 4.32. The summed E-state index contributed by atoms with van der Waals surface area (Å²) in [5, 5.41) is 9.15. The van der Waals surface area contributed by atoms with E-state index < -0.39 is 5.97 Å². The van der Waals surface area contributed by atoms with E-state index in [0.29, 0.717) is 11.1 Å². The van der Waals surface area contributed by atoms with E-state index in [1.54, 1.807) is 55.6 Å². The molecule has 0 spiro atoms. The maximum absolute atomic E-state index is 12.9. The molecule has 0 atom stereocenters. The lowest BCUT2D eigenvalue weighted by molar-refractivity contribution is 0.0469. The normalized spacial score (nSPS) is 10.0. The quantitative estimate of drug-likeness (QED) is 0.632. The average Bonchev–Trinajstić information content (AvgIpc) is 2.77. The number of esters is 1. The molecule has 0 aromatic heterocycles. The number of carbonyl (C=O) groups excluding carboxylic acids is 2. The Balaban J connectivity index is 1.81. The number of para-hydroxylation sites is 1. The van der Waals surface area contributed by atoms with Gasteiger partial charge in [0.2, 0.25) is 0 Å². The average molecular weight is 370 g/mol. The highest BCUT2D eigenvalue weighted by Gasteiger charge is 2.21. The van der Waals surface area contributed by atoms with Crippen LogP contribution in [-0.4, -0.2) is 18.9 Å². The van der Waals surface area contributed by atoms with Crippen LogP contribution in [-0.2, 0) is 11.3 Å². The minimum Gasteiger partial charge on any atom is -0.457 e. The highest BCUT2D eigenvalue weighted by atomic mass is 16.5. The zero-order valence-electron chi connectivity index (χ0n) is 15.3. The summed E-state index contributed by atoms with van der Waals surface area (Å²) in [6.45, 7) is -0.0420. The minimum absolute atomic E-state index is 0.0420. The second kappa shape index (κ2) is 8.65. The van der Waals surface area contributed by atoms with E-state index in [4.69, 9.17) is 10.00 Å². The lowest BCUT2D eigenvalue weighted by Gasteiger charge is -2.19. The van der Waals surface area contributed by atoms with Crippen molar-refractivity contribution < 1.29 is 14.3 Å². The van der Waals surface area contributed by atoms with Gasteiger partial charge in [0.05, 0.1) is 22.8 Å². The van der Waals surface area contributed by atoms with Crippen molar-refractivity contribution in [2.24, 2.45) is 0 Å². The number of amides is 1. The molecule has 0 unspecified atom stereocenters. The maximum atomic E-state index is 12.9. The standard InChI is InChI=1S/C23H18N2O3/c1-25(19-11-3-2-4-12-19)22(26)20-13-7-8-14-21(20)23(27)28-16-18-10-6-5-9-17(18)15-24/h2-14H,16H2,1H3. The SMILES string of the molecule is CN(C(=O)c1ccccc1C(=O)OCc1ccccc1C#N)c1ccccc1. The Bertz CT molecular complexity index is 1040. The van der Waals surface area contributed by atoms with Gasteiger partial charge in [-0.3, -0.25) is 4.79 Å². The lowest BCUT2D eigenvalue weighted by Crippen LogP contribution is -2.28. The van der Waals surface area contributed by atoms with Gasteiger partial charge in [-0.15, -0.1) is 0 Å². The van der Waals surface area contributed by atoms with Crippen LogP contribution in [0.2, 0.25) is 0 Å². The first kappa shape index (κ1) is 18.9. The van der Waals surface area contributed by atoms with E-state index >= 15 is 0 Å². The van der Waals surface area contributed by atoms with Crippen LogP contribution >= 0.6 is 0 Å². The van der Waals surface area contributed by atoms with Crippen LogP contribution < -0.4 is 4.90 Å². The molecule has 3 rings (SSSR count). The topological polar surface area (TPSA) is 70.4 Å². The summed E-state index contributed by atoms with van der Waals surface area (Å²) in [4.78, 5) is 27.0. The summed E-state index contributed by atoms with van der Waals surface area (Å²) >= 11 is 0. The number of anilines is 1.